The smallest absolute Gasteiger partial charge is 0.224 e. The van der Waals surface area contributed by atoms with Gasteiger partial charge in [0.2, 0.25) is 5.91 Å². The molecule has 2 fully saturated rings. The van der Waals surface area contributed by atoms with Crippen LogP contribution in [0.2, 0.25) is 0 Å². The lowest BCUT2D eigenvalue weighted by molar-refractivity contribution is -0.138. The molecule has 1 amide bonds. The number of rotatable bonds is 3. The fraction of sp³-hybridized carbons (Fsp3) is 0.929. The second-order valence-corrected chi connectivity index (χ2v) is 5.90. The van der Waals surface area contributed by atoms with Crippen molar-refractivity contribution >= 4 is 5.91 Å². The van der Waals surface area contributed by atoms with Crippen LogP contribution in [0.25, 0.3) is 0 Å². The second kappa shape index (κ2) is 6.20. The van der Waals surface area contributed by atoms with Gasteiger partial charge < -0.3 is 14.4 Å². The Morgan fingerprint density at radius 3 is 2.58 bits per heavy atom. The topological polar surface area (TPSA) is 42.0 Å². The number of hydrogen-bond donors (Lipinski definition) is 0. The van der Waals surface area contributed by atoms with E-state index in [1.165, 1.54) is 0 Å². The SMILES string of the molecule is CC1OCCN(CCC(=O)N2CCOCC2)C1(C)C. The van der Waals surface area contributed by atoms with Crippen LogP contribution < -0.4 is 0 Å². The van der Waals surface area contributed by atoms with Gasteiger partial charge in [-0.3, -0.25) is 9.69 Å². The standard InChI is InChI=1S/C14H26N2O3/c1-12-14(2,3)16(8-11-19-12)5-4-13(17)15-6-9-18-10-7-15/h12H,4-11H2,1-3H3. The molecule has 2 aliphatic heterocycles. The van der Waals surface area contributed by atoms with Crippen molar-refractivity contribution in [3.63, 3.8) is 0 Å². The first-order valence-corrected chi connectivity index (χ1v) is 7.24. The maximum Gasteiger partial charge on any atom is 0.224 e. The summed E-state index contributed by atoms with van der Waals surface area (Å²) < 4.78 is 11.0. The summed E-state index contributed by atoms with van der Waals surface area (Å²) in [7, 11) is 0. The Bertz CT molecular complexity index is 314. The average molecular weight is 270 g/mol. The quantitative estimate of drug-likeness (QED) is 0.758. The summed E-state index contributed by atoms with van der Waals surface area (Å²) >= 11 is 0. The van der Waals surface area contributed by atoms with E-state index in [1.807, 2.05) is 4.90 Å². The number of ether oxygens (including phenoxy) is 2. The number of carbonyl (C=O) groups is 1. The van der Waals surface area contributed by atoms with Gasteiger partial charge in [-0.2, -0.15) is 0 Å². The molecule has 0 saturated carbocycles. The van der Waals surface area contributed by atoms with Crippen LogP contribution in [0.15, 0.2) is 0 Å². The van der Waals surface area contributed by atoms with E-state index in [2.05, 4.69) is 25.7 Å². The molecule has 0 aliphatic carbocycles. The van der Waals surface area contributed by atoms with Crippen LogP contribution >= 0.6 is 0 Å². The molecule has 110 valence electrons. The molecule has 1 atom stereocenters. The van der Waals surface area contributed by atoms with Crippen molar-refractivity contribution in [3.8, 4) is 0 Å². The van der Waals surface area contributed by atoms with Crippen LogP contribution in [-0.2, 0) is 14.3 Å². The number of morpholine rings is 2. The van der Waals surface area contributed by atoms with Crippen molar-refractivity contribution in [2.75, 3.05) is 46.0 Å². The predicted molar refractivity (Wildman–Crippen MR) is 73.1 cm³/mol. The molecule has 2 saturated heterocycles. The highest BCUT2D eigenvalue weighted by atomic mass is 16.5. The zero-order chi connectivity index (χ0) is 13.9. The molecule has 0 bridgehead atoms. The van der Waals surface area contributed by atoms with Gasteiger partial charge in [-0.25, -0.2) is 0 Å². The van der Waals surface area contributed by atoms with Crippen LogP contribution in [-0.4, -0.2) is 73.3 Å². The minimum atomic E-state index is 0.00351. The van der Waals surface area contributed by atoms with Crippen LogP contribution in [0.4, 0.5) is 0 Å². The Kier molecular flexibility index (Phi) is 4.81. The highest BCUT2D eigenvalue weighted by Gasteiger charge is 2.36. The fourth-order valence-corrected chi connectivity index (χ4v) is 2.69. The summed E-state index contributed by atoms with van der Waals surface area (Å²) in [6.07, 6.45) is 0.801. The lowest BCUT2D eigenvalue weighted by Crippen LogP contribution is -2.58. The van der Waals surface area contributed by atoms with Crippen LogP contribution in [0, 0.1) is 0 Å². The molecule has 5 nitrogen and oxygen atoms in total. The molecule has 1 unspecified atom stereocenters. The third-order valence-electron chi connectivity index (χ3n) is 4.50. The maximum absolute atomic E-state index is 12.1. The van der Waals surface area contributed by atoms with E-state index in [-0.39, 0.29) is 17.6 Å². The third kappa shape index (κ3) is 3.46. The molecule has 2 rings (SSSR count). The normalized spacial score (nSPS) is 28.4. The van der Waals surface area contributed by atoms with E-state index >= 15 is 0 Å². The first kappa shape index (κ1) is 14.8. The van der Waals surface area contributed by atoms with Gasteiger partial charge in [-0.05, 0) is 20.8 Å². The highest BCUT2D eigenvalue weighted by Crippen LogP contribution is 2.25. The van der Waals surface area contributed by atoms with Crippen molar-refractivity contribution in [1.29, 1.82) is 0 Å². The Morgan fingerprint density at radius 2 is 1.89 bits per heavy atom. The van der Waals surface area contributed by atoms with Crippen LogP contribution in [0.5, 0.6) is 0 Å². The Labute approximate surface area is 115 Å². The molecule has 2 heterocycles. The van der Waals surface area contributed by atoms with Crippen molar-refractivity contribution in [2.45, 2.75) is 38.8 Å². The first-order chi connectivity index (χ1) is 9.01. The Morgan fingerprint density at radius 1 is 1.21 bits per heavy atom. The summed E-state index contributed by atoms with van der Waals surface area (Å²) in [4.78, 5) is 16.4. The monoisotopic (exact) mass is 270 g/mol. The summed E-state index contributed by atoms with van der Waals surface area (Å²) in [5.41, 5.74) is 0.00351. The number of amides is 1. The Balaban J connectivity index is 1.82. The van der Waals surface area contributed by atoms with E-state index < -0.39 is 0 Å². The molecule has 5 heteroatoms. The highest BCUT2D eigenvalue weighted by molar-refractivity contribution is 5.76. The molecule has 0 aromatic heterocycles. The summed E-state index contributed by atoms with van der Waals surface area (Å²) in [5, 5.41) is 0. The molecular formula is C14H26N2O3. The number of hydrogen-bond acceptors (Lipinski definition) is 4. The van der Waals surface area contributed by atoms with Gasteiger partial charge in [-0.1, -0.05) is 0 Å². The van der Waals surface area contributed by atoms with Gasteiger partial charge in [0.1, 0.15) is 0 Å². The van der Waals surface area contributed by atoms with Crippen molar-refractivity contribution in [2.24, 2.45) is 0 Å². The zero-order valence-corrected chi connectivity index (χ0v) is 12.4. The first-order valence-electron chi connectivity index (χ1n) is 7.24. The summed E-state index contributed by atoms with van der Waals surface area (Å²) in [5.74, 6) is 0.248. The Hall–Kier alpha value is -0.650. The third-order valence-corrected chi connectivity index (χ3v) is 4.50. The van der Waals surface area contributed by atoms with Gasteiger partial charge in [-0.15, -0.1) is 0 Å². The number of nitrogens with zero attached hydrogens (tertiary/aromatic N) is 2. The van der Waals surface area contributed by atoms with Gasteiger partial charge in [0.15, 0.2) is 0 Å². The molecular weight excluding hydrogens is 244 g/mol. The van der Waals surface area contributed by atoms with Crippen molar-refractivity contribution < 1.29 is 14.3 Å². The van der Waals surface area contributed by atoms with E-state index in [0.717, 1.165) is 32.8 Å². The lowest BCUT2D eigenvalue weighted by Gasteiger charge is -2.46. The van der Waals surface area contributed by atoms with E-state index in [1.54, 1.807) is 0 Å². The fourth-order valence-electron chi connectivity index (χ4n) is 2.69. The van der Waals surface area contributed by atoms with Crippen molar-refractivity contribution in [1.82, 2.24) is 9.80 Å². The maximum atomic E-state index is 12.1. The molecule has 0 N–H and O–H groups in total. The zero-order valence-electron chi connectivity index (χ0n) is 12.4. The lowest BCUT2D eigenvalue weighted by atomic mass is 9.94. The molecule has 0 aromatic carbocycles. The van der Waals surface area contributed by atoms with Gasteiger partial charge in [0.05, 0.1) is 25.9 Å². The predicted octanol–water partition coefficient (Wildman–Crippen LogP) is 0.735. The van der Waals surface area contributed by atoms with Crippen LogP contribution in [0.3, 0.4) is 0 Å². The molecule has 0 aromatic rings. The largest absolute Gasteiger partial charge is 0.378 e. The summed E-state index contributed by atoms with van der Waals surface area (Å²) in [6.45, 7) is 11.8. The van der Waals surface area contributed by atoms with E-state index in [0.29, 0.717) is 19.6 Å². The molecule has 19 heavy (non-hydrogen) atoms. The minimum Gasteiger partial charge on any atom is -0.378 e. The molecule has 0 spiro atoms. The van der Waals surface area contributed by atoms with Gasteiger partial charge in [0.25, 0.3) is 0 Å². The van der Waals surface area contributed by atoms with Gasteiger partial charge >= 0.3 is 0 Å². The number of carbonyl (C=O) groups excluding carboxylic acids is 1. The molecule has 2 aliphatic rings. The van der Waals surface area contributed by atoms with E-state index in [9.17, 15) is 4.79 Å². The van der Waals surface area contributed by atoms with Gasteiger partial charge in [0, 0.05) is 38.1 Å². The second-order valence-electron chi connectivity index (χ2n) is 5.90. The summed E-state index contributed by atoms with van der Waals surface area (Å²) in [6, 6.07) is 0. The van der Waals surface area contributed by atoms with Crippen molar-refractivity contribution in [3.05, 3.63) is 0 Å². The molecule has 0 radical (unpaired) electrons. The van der Waals surface area contributed by atoms with Crippen LogP contribution in [0.1, 0.15) is 27.2 Å². The minimum absolute atomic E-state index is 0.00351. The van der Waals surface area contributed by atoms with E-state index in [4.69, 9.17) is 9.47 Å². The average Bonchev–Trinajstić information content (AvgIpc) is 2.41.